The average Bonchev–Trinajstić information content (AvgIpc) is 2.76. The molecule has 2 amide bonds. The Labute approximate surface area is 175 Å². The first-order valence-electron chi connectivity index (χ1n) is 9.43. The fourth-order valence-corrected chi connectivity index (χ4v) is 2.73. The highest BCUT2D eigenvalue weighted by Gasteiger charge is 2.25. The van der Waals surface area contributed by atoms with Gasteiger partial charge in [-0.2, -0.15) is 0 Å². The molecule has 0 unspecified atom stereocenters. The number of rotatable bonds is 9. The molecule has 2 aromatic carbocycles. The number of hydrogen-bond acceptors (Lipinski definition) is 6. The lowest BCUT2D eigenvalue weighted by Crippen LogP contribution is -2.22. The highest BCUT2D eigenvalue weighted by atomic mass is 16.6. The molecule has 30 heavy (non-hydrogen) atoms. The van der Waals surface area contributed by atoms with Crippen LogP contribution in [0.25, 0.3) is 0 Å². The zero-order valence-corrected chi connectivity index (χ0v) is 16.9. The summed E-state index contributed by atoms with van der Waals surface area (Å²) in [5.41, 5.74) is 3.73. The summed E-state index contributed by atoms with van der Waals surface area (Å²) in [7, 11) is 0. The molecule has 2 atom stereocenters. The first-order chi connectivity index (χ1) is 14.4. The van der Waals surface area contributed by atoms with E-state index in [0.717, 1.165) is 11.6 Å². The van der Waals surface area contributed by atoms with Gasteiger partial charge in [0.1, 0.15) is 18.5 Å². The Kier molecular flexibility index (Phi) is 8.86. The predicted molar refractivity (Wildman–Crippen MR) is 111 cm³/mol. The monoisotopic (exact) mass is 414 g/mol. The van der Waals surface area contributed by atoms with Crippen LogP contribution in [0.2, 0.25) is 0 Å². The van der Waals surface area contributed by atoms with Crippen LogP contribution < -0.4 is 15.5 Å². The topological polar surface area (TPSA) is 117 Å². The first-order valence-corrected chi connectivity index (χ1v) is 9.43. The Balaban J connectivity index is 2.27. The number of hydrogen-bond donors (Lipinski definition) is 4. The molecule has 2 aromatic rings. The van der Waals surface area contributed by atoms with Crippen LogP contribution in [0.4, 0.5) is 10.5 Å². The minimum absolute atomic E-state index is 0.0798. The lowest BCUT2D eigenvalue weighted by molar-refractivity contribution is -0.124. The minimum atomic E-state index is -0.798. The van der Waals surface area contributed by atoms with Crippen molar-refractivity contribution in [3.8, 4) is 5.75 Å². The van der Waals surface area contributed by atoms with Crippen molar-refractivity contribution in [2.75, 3.05) is 18.5 Å². The molecule has 0 aliphatic carbocycles. The number of aliphatic hydroxyl groups is 1. The number of carbonyl (C=O) groups excluding carboxylic acids is 2. The summed E-state index contributed by atoms with van der Waals surface area (Å²) < 4.78 is 11.3. The number of aryl methyl sites for hydroxylation is 1. The van der Waals surface area contributed by atoms with E-state index >= 15 is 0 Å². The van der Waals surface area contributed by atoms with Gasteiger partial charge in [-0.3, -0.25) is 15.3 Å². The molecule has 0 spiro atoms. The van der Waals surface area contributed by atoms with Crippen molar-refractivity contribution in [2.24, 2.45) is 5.92 Å². The van der Waals surface area contributed by atoms with Gasteiger partial charge in [-0.05, 0) is 25.1 Å². The molecule has 2 rings (SSSR count). The molecule has 0 aliphatic rings. The third-order valence-electron chi connectivity index (χ3n) is 4.25. The number of aliphatic hydroxyl groups excluding tert-OH is 1. The molecule has 0 saturated heterocycles. The highest BCUT2D eigenvalue weighted by Crippen LogP contribution is 2.34. The van der Waals surface area contributed by atoms with Crippen LogP contribution in [0.3, 0.4) is 0 Å². The van der Waals surface area contributed by atoms with E-state index < -0.39 is 24.0 Å². The zero-order chi connectivity index (χ0) is 21.9. The van der Waals surface area contributed by atoms with Crippen molar-refractivity contribution < 1.29 is 29.4 Å². The second kappa shape index (κ2) is 11.6. The van der Waals surface area contributed by atoms with Crippen LogP contribution in [-0.2, 0) is 9.53 Å². The maximum Gasteiger partial charge on any atom is 0.412 e. The number of hydroxylamine groups is 1. The summed E-state index contributed by atoms with van der Waals surface area (Å²) in [5, 5.41) is 20.4. The number of carbonyl (C=O) groups is 2. The Hall–Kier alpha value is -3.36. The summed E-state index contributed by atoms with van der Waals surface area (Å²) in [5.74, 6) is -0.689. The Morgan fingerprint density at radius 1 is 1.13 bits per heavy atom. The maximum atomic E-state index is 12.5. The molecule has 0 saturated carbocycles. The summed E-state index contributed by atoms with van der Waals surface area (Å²) in [6.45, 7) is 3.61. The van der Waals surface area contributed by atoms with E-state index in [9.17, 15) is 9.59 Å². The van der Waals surface area contributed by atoms with E-state index in [0.29, 0.717) is 17.0 Å². The Morgan fingerprint density at radius 2 is 1.83 bits per heavy atom. The minimum Gasteiger partial charge on any atom is -0.491 e. The van der Waals surface area contributed by atoms with Crippen LogP contribution in [0.1, 0.15) is 24.2 Å². The normalized spacial score (nSPS) is 12.8. The molecule has 8 nitrogen and oxygen atoms in total. The second-order valence-electron chi connectivity index (χ2n) is 6.62. The van der Waals surface area contributed by atoms with E-state index in [2.05, 4.69) is 5.32 Å². The first kappa shape index (κ1) is 22.9. The lowest BCUT2D eigenvalue weighted by atomic mass is 9.96. The van der Waals surface area contributed by atoms with Crippen molar-refractivity contribution >= 4 is 17.7 Å². The molecule has 0 aromatic heterocycles. The van der Waals surface area contributed by atoms with Gasteiger partial charge in [0.15, 0.2) is 0 Å². The fourth-order valence-electron chi connectivity index (χ4n) is 2.73. The SMILES string of the molecule is Cc1ccc(NC(=O)O[C@H](c2ccccc2OCCO)[C@H](C)/C=C/C(=O)NO)cc1. The molecule has 0 radical (unpaired) electrons. The van der Waals surface area contributed by atoms with Crippen LogP contribution in [0, 0.1) is 12.8 Å². The van der Waals surface area contributed by atoms with Gasteiger partial charge in [0.2, 0.25) is 0 Å². The molecule has 0 aliphatic heterocycles. The second-order valence-corrected chi connectivity index (χ2v) is 6.62. The summed E-state index contributed by atoms with van der Waals surface area (Å²) in [4.78, 5) is 23.9. The number of nitrogens with one attached hydrogen (secondary N) is 2. The van der Waals surface area contributed by atoms with Crippen LogP contribution in [0.15, 0.2) is 60.7 Å². The zero-order valence-electron chi connectivity index (χ0n) is 16.9. The van der Waals surface area contributed by atoms with Gasteiger partial charge in [-0.1, -0.05) is 48.9 Å². The molecular formula is C22H26N2O6. The smallest absolute Gasteiger partial charge is 0.412 e. The quantitative estimate of drug-likeness (QED) is 0.284. The van der Waals surface area contributed by atoms with Gasteiger partial charge >= 0.3 is 6.09 Å². The van der Waals surface area contributed by atoms with Gasteiger partial charge in [0, 0.05) is 23.2 Å². The molecule has 0 bridgehead atoms. The van der Waals surface area contributed by atoms with Crippen molar-refractivity contribution in [3.63, 3.8) is 0 Å². The third kappa shape index (κ3) is 6.91. The van der Waals surface area contributed by atoms with Crippen molar-refractivity contribution in [2.45, 2.75) is 20.0 Å². The van der Waals surface area contributed by atoms with Gasteiger partial charge in [0.25, 0.3) is 5.91 Å². The predicted octanol–water partition coefficient (Wildman–Crippen LogP) is 3.35. The highest BCUT2D eigenvalue weighted by molar-refractivity contribution is 5.86. The maximum absolute atomic E-state index is 12.5. The van der Waals surface area contributed by atoms with E-state index in [-0.39, 0.29) is 13.2 Å². The largest absolute Gasteiger partial charge is 0.491 e. The van der Waals surface area contributed by atoms with E-state index in [4.69, 9.17) is 19.8 Å². The van der Waals surface area contributed by atoms with E-state index in [1.54, 1.807) is 43.3 Å². The summed E-state index contributed by atoms with van der Waals surface area (Å²) in [6.07, 6.45) is 1.19. The number of para-hydroxylation sites is 1. The Morgan fingerprint density at radius 3 is 2.50 bits per heavy atom. The van der Waals surface area contributed by atoms with Gasteiger partial charge in [-0.15, -0.1) is 0 Å². The standard InChI is InChI=1S/C22H26N2O6/c1-15-7-10-17(11-8-15)23-22(27)30-21(16(2)9-12-20(26)24-28)18-5-3-4-6-19(18)29-14-13-25/h3-12,16,21,25,28H,13-14H2,1-2H3,(H,23,27)(H,24,26)/b12-9+/t16-,21+/m1/s1. The number of amides is 2. The van der Waals surface area contributed by atoms with E-state index in [1.807, 2.05) is 19.1 Å². The van der Waals surface area contributed by atoms with Gasteiger partial charge in [-0.25, -0.2) is 10.3 Å². The number of benzene rings is 2. The fraction of sp³-hybridized carbons (Fsp3) is 0.273. The molecule has 160 valence electrons. The van der Waals surface area contributed by atoms with Gasteiger partial charge < -0.3 is 14.6 Å². The Bertz CT molecular complexity index is 866. The van der Waals surface area contributed by atoms with E-state index in [1.165, 1.54) is 11.6 Å². The van der Waals surface area contributed by atoms with Crippen LogP contribution in [0.5, 0.6) is 5.75 Å². The molecular weight excluding hydrogens is 388 g/mol. The summed E-state index contributed by atoms with van der Waals surface area (Å²) in [6, 6.07) is 14.2. The van der Waals surface area contributed by atoms with Crippen molar-refractivity contribution in [1.29, 1.82) is 0 Å². The third-order valence-corrected chi connectivity index (χ3v) is 4.25. The van der Waals surface area contributed by atoms with Gasteiger partial charge in [0.05, 0.1) is 6.61 Å². The molecule has 8 heteroatoms. The van der Waals surface area contributed by atoms with Crippen LogP contribution >= 0.6 is 0 Å². The van der Waals surface area contributed by atoms with Crippen molar-refractivity contribution in [1.82, 2.24) is 5.48 Å². The number of ether oxygens (including phenoxy) is 2. The van der Waals surface area contributed by atoms with Crippen LogP contribution in [-0.4, -0.2) is 35.5 Å². The average molecular weight is 414 g/mol. The molecule has 4 N–H and O–H groups in total. The number of anilines is 1. The molecule has 0 heterocycles. The lowest BCUT2D eigenvalue weighted by Gasteiger charge is -2.24. The molecule has 0 fully saturated rings. The summed E-state index contributed by atoms with van der Waals surface area (Å²) >= 11 is 0. The van der Waals surface area contributed by atoms with Crippen molar-refractivity contribution in [3.05, 3.63) is 71.8 Å².